The van der Waals surface area contributed by atoms with Crippen LogP contribution >= 0.6 is 11.8 Å². The molecule has 1 aromatic carbocycles. The molecule has 0 amide bonds. The predicted molar refractivity (Wildman–Crippen MR) is 67.3 cm³/mol. The number of rotatable bonds is 5. The molecule has 0 spiro atoms. The molecular weight excluding hydrogens is 222 g/mol. The summed E-state index contributed by atoms with van der Waals surface area (Å²) in [5, 5.41) is 8.78. The van der Waals surface area contributed by atoms with Gasteiger partial charge in [0.25, 0.3) is 0 Å². The molecule has 1 aromatic rings. The lowest BCUT2D eigenvalue weighted by Crippen LogP contribution is -2.09. The molecule has 0 bridgehead atoms. The van der Waals surface area contributed by atoms with Crippen LogP contribution in [0.25, 0.3) is 0 Å². The lowest BCUT2D eigenvalue weighted by molar-refractivity contribution is -0.141. The third kappa shape index (κ3) is 3.62. The average Bonchev–Trinajstić information content (AvgIpc) is 2.21. The summed E-state index contributed by atoms with van der Waals surface area (Å²) in [4.78, 5) is 12.4. The van der Waals surface area contributed by atoms with Crippen molar-refractivity contribution in [1.82, 2.24) is 0 Å². The zero-order chi connectivity index (χ0) is 12.1. The van der Waals surface area contributed by atoms with Crippen LogP contribution in [0.15, 0.2) is 40.6 Å². The quantitative estimate of drug-likeness (QED) is 0.610. The fourth-order valence-corrected chi connectivity index (χ4v) is 2.18. The maximum absolute atomic E-state index is 10.7. The number of allylic oxidation sites excluding steroid dienone is 1. The van der Waals surface area contributed by atoms with Crippen molar-refractivity contribution in [3.05, 3.63) is 35.7 Å². The summed E-state index contributed by atoms with van der Waals surface area (Å²) >= 11 is 1.43. The summed E-state index contributed by atoms with van der Waals surface area (Å²) in [5.41, 5.74) is 6.47. The minimum atomic E-state index is -0.803. The normalized spacial score (nSPS) is 12.1. The highest BCUT2D eigenvalue weighted by Gasteiger charge is 2.13. The van der Waals surface area contributed by atoms with Crippen molar-refractivity contribution < 1.29 is 9.90 Å². The molecule has 0 saturated heterocycles. The molecule has 86 valence electrons. The van der Waals surface area contributed by atoms with Gasteiger partial charge >= 0.3 is 5.97 Å². The Bertz CT molecular complexity index is 404. The summed E-state index contributed by atoms with van der Waals surface area (Å²) in [7, 11) is 0. The van der Waals surface area contributed by atoms with Gasteiger partial charge in [-0.15, -0.1) is 0 Å². The molecule has 0 aromatic heterocycles. The first-order chi connectivity index (χ1) is 7.50. The molecule has 0 radical (unpaired) electrons. The van der Waals surface area contributed by atoms with Crippen molar-refractivity contribution in [3.8, 4) is 0 Å². The van der Waals surface area contributed by atoms with E-state index in [1.54, 1.807) is 6.92 Å². The third-order valence-electron chi connectivity index (χ3n) is 2.13. The molecule has 0 heterocycles. The second kappa shape index (κ2) is 5.61. The van der Waals surface area contributed by atoms with E-state index in [1.165, 1.54) is 11.8 Å². The maximum Gasteiger partial charge on any atom is 0.306 e. The molecule has 3 N–H and O–H groups in total. The monoisotopic (exact) mass is 237 g/mol. The summed E-state index contributed by atoms with van der Waals surface area (Å²) in [6.45, 7) is 5.53. The van der Waals surface area contributed by atoms with Crippen LogP contribution in [0.2, 0.25) is 0 Å². The van der Waals surface area contributed by atoms with E-state index in [9.17, 15) is 4.79 Å². The number of thioether (sulfide) groups is 1. The number of carboxylic acids is 1. The van der Waals surface area contributed by atoms with Crippen LogP contribution in [0.1, 0.15) is 13.3 Å². The second-order valence-electron chi connectivity index (χ2n) is 3.62. The molecule has 0 saturated carbocycles. The lowest BCUT2D eigenvalue weighted by atomic mass is 10.1. The molecule has 3 nitrogen and oxygen atoms in total. The Hall–Kier alpha value is -1.42. The first-order valence-electron chi connectivity index (χ1n) is 4.93. The average molecular weight is 237 g/mol. The smallest absolute Gasteiger partial charge is 0.306 e. The van der Waals surface area contributed by atoms with Crippen LogP contribution < -0.4 is 5.73 Å². The highest BCUT2D eigenvalue weighted by atomic mass is 32.2. The summed E-state index contributed by atoms with van der Waals surface area (Å²) < 4.78 is 0. The highest BCUT2D eigenvalue weighted by Crippen LogP contribution is 2.33. The van der Waals surface area contributed by atoms with E-state index in [-0.39, 0.29) is 0 Å². The number of anilines is 1. The van der Waals surface area contributed by atoms with Gasteiger partial charge in [0.1, 0.15) is 0 Å². The first kappa shape index (κ1) is 12.6. The van der Waals surface area contributed by atoms with Gasteiger partial charge < -0.3 is 10.8 Å². The van der Waals surface area contributed by atoms with Crippen LogP contribution in [-0.4, -0.2) is 11.1 Å². The molecule has 16 heavy (non-hydrogen) atoms. The van der Waals surface area contributed by atoms with Crippen molar-refractivity contribution in [2.24, 2.45) is 5.92 Å². The van der Waals surface area contributed by atoms with Gasteiger partial charge in [0.15, 0.2) is 0 Å². The van der Waals surface area contributed by atoms with Gasteiger partial charge in [0.05, 0.1) is 5.92 Å². The van der Waals surface area contributed by atoms with E-state index >= 15 is 0 Å². The minimum Gasteiger partial charge on any atom is -0.481 e. The van der Waals surface area contributed by atoms with Crippen LogP contribution in [0, 0.1) is 5.92 Å². The number of para-hydroxylation sites is 1. The Labute approximate surface area is 99.4 Å². The zero-order valence-electron chi connectivity index (χ0n) is 9.14. The number of aliphatic carboxylic acids is 1. The Kier molecular flexibility index (Phi) is 4.43. The van der Waals surface area contributed by atoms with Gasteiger partial charge in [-0.05, 0) is 23.5 Å². The number of benzene rings is 1. The van der Waals surface area contributed by atoms with E-state index in [0.29, 0.717) is 12.1 Å². The van der Waals surface area contributed by atoms with Crippen LogP contribution in [0.5, 0.6) is 0 Å². The van der Waals surface area contributed by atoms with Crippen LogP contribution in [0.3, 0.4) is 0 Å². The number of nitrogens with two attached hydrogens (primary N) is 1. The van der Waals surface area contributed by atoms with E-state index in [4.69, 9.17) is 10.8 Å². The van der Waals surface area contributed by atoms with Crippen molar-refractivity contribution in [1.29, 1.82) is 0 Å². The van der Waals surface area contributed by atoms with E-state index in [0.717, 1.165) is 9.80 Å². The summed E-state index contributed by atoms with van der Waals surface area (Å²) in [6, 6.07) is 7.47. The van der Waals surface area contributed by atoms with Crippen molar-refractivity contribution in [2.75, 3.05) is 5.73 Å². The molecule has 1 rings (SSSR count). The molecule has 0 unspecified atom stereocenters. The van der Waals surface area contributed by atoms with E-state index in [1.807, 2.05) is 24.3 Å². The number of hydrogen-bond acceptors (Lipinski definition) is 3. The number of carbonyl (C=O) groups is 1. The van der Waals surface area contributed by atoms with Crippen LogP contribution in [-0.2, 0) is 4.79 Å². The van der Waals surface area contributed by atoms with Crippen molar-refractivity contribution in [2.45, 2.75) is 18.2 Å². The standard InChI is InChI=1S/C12H15NO2S/c1-8(12(14)15)7-9(2)16-11-6-4-3-5-10(11)13/h3-6,8H,2,7,13H2,1H3,(H,14,15)/t8-/m0/s1. The fraction of sp³-hybridized carbons (Fsp3) is 0.250. The SMILES string of the molecule is C=C(C[C@H](C)C(=O)O)Sc1ccccc1N. The van der Waals surface area contributed by atoms with E-state index in [2.05, 4.69) is 6.58 Å². The second-order valence-corrected chi connectivity index (χ2v) is 4.84. The molecule has 4 heteroatoms. The number of hydrogen-bond donors (Lipinski definition) is 2. The molecule has 1 atom stereocenters. The van der Waals surface area contributed by atoms with Crippen molar-refractivity contribution >= 4 is 23.4 Å². The Morgan fingerprint density at radius 1 is 1.56 bits per heavy atom. The van der Waals surface area contributed by atoms with Crippen molar-refractivity contribution in [3.63, 3.8) is 0 Å². The predicted octanol–water partition coefficient (Wildman–Crippen LogP) is 2.99. The number of nitrogen functional groups attached to an aromatic ring is 1. The van der Waals surface area contributed by atoms with Gasteiger partial charge in [-0.1, -0.05) is 37.4 Å². The lowest BCUT2D eigenvalue weighted by Gasteiger charge is -2.10. The maximum atomic E-state index is 10.7. The zero-order valence-corrected chi connectivity index (χ0v) is 9.96. The van der Waals surface area contributed by atoms with E-state index < -0.39 is 11.9 Å². The highest BCUT2D eigenvalue weighted by molar-refractivity contribution is 8.03. The summed E-state index contributed by atoms with van der Waals surface area (Å²) in [6.07, 6.45) is 0.453. The molecule has 0 fully saturated rings. The topological polar surface area (TPSA) is 63.3 Å². The summed E-state index contributed by atoms with van der Waals surface area (Å²) in [5.74, 6) is -1.22. The van der Waals surface area contributed by atoms with Gasteiger partial charge in [-0.3, -0.25) is 4.79 Å². The Balaban J connectivity index is 2.59. The van der Waals surface area contributed by atoms with Gasteiger partial charge in [0, 0.05) is 10.6 Å². The minimum absolute atomic E-state index is 0.412. The molecule has 0 aliphatic carbocycles. The molecule has 0 aliphatic heterocycles. The fourth-order valence-electron chi connectivity index (χ4n) is 1.20. The Morgan fingerprint density at radius 3 is 2.75 bits per heavy atom. The van der Waals surface area contributed by atoms with Gasteiger partial charge in [-0.2, -0.15) is 0 Å². The van der Waals surface area contributed by atoms with Gasteiger partial charge in [0.2, 0.25) is 0 Å². The Morgan fingerprint density at radius 2 is 2.19 bits per heavy atom. The molecule has 0 aliphatic rings. The third-order valence-corrected chi connectivity index (χ3v) is 3.18. The largest absolute Gasteiger partial charge is 0.481 e. The van der Waals surface area contributed by atoms with Crippen LogP contribution in [0.4, 0.5) is 5.69 Å². The first-order valence-corrected chi connectivity index (χ1v) is 5.75. The number of carboxylic acid groups (broad SMARTS) is 1. The molecular formula is C12H15NO2S. The van der Waals surface area contributed by atoms with Gasteiger partial charge in [-0.25, -0.2) is 0 Å².